The van der Waals surface area contributed by atoms with Gasteiger partial charge in [-0.3, -0.25) is 9.59 Å². The molecule has 25 heavy (non-hydrogen) atoms. The highest BCUT2D eigenvalue weighted by molar-refractivity contribution is 8.04. The number of rotatable bonds is 4. The summed E-state index contributed by atoms with van der Waals surface area (Å²) in [6.07, 6.45) is 8.92. The summed E-state index contributed by atoms with van der Waals surface area (Å²) in [6, 6.07) is 8.06. The first kappa shape index (κ1) is 17.8. The van der Waals surface area contributed by atoms with Gasteiger partial charge in [-0.05, 0) is 25.0 Å². The summed E-state index contributed by atoms with van der Waals surface area (Å²) in [5.74, 6) is -0.213. The predicted octanol–water partition coefficient (Wildman–Crippen LogP) is 3.99. The topological polar surface area (TPSA) is 40.6 Å². The van der Waals surface area contributed by atoms with Gasteiger partial charge in [-0.2, -0.15) is 0 Å². The Morgan fingerprint density at radius 3 is 2.76 bits per heavy atom. The molecule has 0 bridgehead atoms. The molecule has 0 atom stereocenters. The van der Waals surface area contributed by atoms with Crippen LogP contribution in [0.25, 0.3) is 0 Å². The van der Waals surface area contributed by atoms with Crippen LogP contribution in [0.1, 0.15) is 32.1 Å². The maximum atomic E-state index is 12.8. The van der Waals surface area contributed by atoms with E-state index in [-0.39, 0.29) is 11.8 Å². The number of carbonyl (C=O) groups is 2. The summed E-state index contributed by atoms with van der Waals surface area (Å²) in [6.45, 7) is 4.17. The smallest absolute Gasteiger partial charge is 0.265 e. The van der Waals surface area contributed by atoms with Gasteiger partial charge in [-0.25, -0.2) is 0 Å². The molecule has 1 aliphatic heterocycles. The van der Waals surface area contributed by atoms with Crippen LogP contribution in [-0.4, -0.2) is 36.3 Å². The number of amides is 2. The van der Waals surface area contributed by atoms with E-state index in [0.29, 0.717) is 17.5 Å². The summed E-state index contributed by atoms with van der Waals surface area (Å²) in [7, 11) is 1.85. The first-order valence-corrected chi connectivity index (χ1v) is 9.61. The molecule has 0 radical (unpaired) electrons. The van der Waals surface area contributed by atoms with E-state index < -0.39 is 0 Å². The Bertz CT molecular complexity index is 707. The van der Waals surface area contributed by atoms with Crippen LogP contribution in [0.5, 0.6) is 0 Å². The van der Waals surface area contributed by atoms with Crippen LogP contribution >= 0.6 is 11.8 Å². The SMILES string of the molecule is C=CCN1C(=O)/C(=C\C(=O)N(C)C2CCCCC2)Sc2ccccc21. The molecule has 0 spiro atoms. The maximum absolute atomic E-state index is 12.8. The fourth-order valence-electron chi connectivity index (χ4n) is 3.43. The van der Waals surface area contributed by atoms with E-state index in [4.69, 9.17) is 0 Å². The first-order valence-electron chi connectivity index (χ1n) is 8.80. The van der Waals surface area contributed by atoms with E-state index in [1.165, 1.54) is 37.1 Å². The van der Waals surface area contributed by atoms with Gasteiger partial charge in [0.25, 0.3) is 5.91 Å². The first-order chi connectivity index (χ1) is 12.1. The van der Waals surface area contributed by atoms with Crippen LogP contribution < -0.4 is 4.90 Å². The van der Waals surface area contributed by atoms with Gasteiger partial charge in [-0.15, -0.1) is 6.58 Å². The van der Waals surface area contributed by atoms with Crippen molar-refractivity contribution >= 4 is 29.3 Å². The Kier molecular flexibility index (Phi) is 5.63. The molecule has 0 unspecified atom stereocenters. The minimum absolute atomic E-state index is 0.0827. The van der Waals surface area contributed by atoms with Crippen molar-refractivity contribution in [1.82, 2.24) is 4.90 Å². The van der Waals surface area contributed by atoms with E-state index >= 15 is 0 Å². The van der Waals surface area contributed by atoms with Gasteiger partial charge >= 0.3 is 0 Å². The maximum Gasteiger partial charge on any atom is 0.265 e. The molecule has 1 heterocycles. The van der Waals surface area contributed by atoms with Gasteiger partial charge in [0.05, 0.1) is 10.6 Å². The molecule has 0 aromatic heterocycles. The third-order valence-corrected chi connectivity index (χ3v) is 5.95. The molecule has 1 aromatic rings. The fraction of sp³-hybridized carbons (Fsp3) is 0.400. The third-order valence-electron chi connectivity index (χ3n) is 4.87. The Hall–Kier alpha value is -2.01. The predicted molar refractivity (Wildman–Crippen MR) is 103 cm³/mol. The zero-order valence-electron chi connectivity index (χ0n) is 14.6. The number of likely N-dealkylation sites (N-methyl/N-ethyl adjacent to an activating group) is 1. The van der Waals surface area contributed by atoms with Gasteiger partial charge < -0.3 is 9.80 Å². The molecule has 4 nitrogen and oxygen atoms in total. The molecule has 1 aliphatic carbocycles. The van der Waals surface area contributed by atoms with Crippen LogP contribution in [0.4, 0.5) is 5.69 Å². The molecule has 132 valence electrons. The highest BCUT2D eigenvalue weighted by Crippen LogP contribution is 2.41. The Morgan fingerprint density at radius 2 is 2.04 bits per heavy atom. The zero-order chi connectivity index (χ0) is 17.8. The number of para-hydroxylation sites is 1. The summed E-state index contributed by atoms with van der Waals surface area (Å²) in [4.78, 5) is 30.5. The minimum atomic E-state index is -0.131. The summed E-state index contributed by atoms with van der Waals surface area (Å²) >= 11 is 1.38. The molecular weight excluding hydrogens is 332 g/mol. The van der Waals surface area contributed by atoms with Crippen LogP contribution in [0.2, 0.25) is 0 Å². The van der Waals surface area contributed by atoms with Crippen molar-refractivity contribution in [2.45, 2.75) is 43.0 Å². The van der Waals surface area contributed by atoms with Crippen LogP contribution in [0, 0.1) is 0 Å². The lowest BCUT2D eigenvalue weighted by atomic mass is 9.94. The number of hydrogen-bond acceptors (Lipinski definition) is 3. The Labute approximate surface area is 153 Å². The Morgan fingerprint density at radius 1 is 1.32 bits per heavy atom. The van der Waals surface area contributed by atoms with Crippen molar-refractivity contribution in [3.8, 4) is 0 Å². The van der Waals surface area contributed by atoms with Gasteiger partial charge in [-0.1, -0.05) is 49.2 Å². The molecule has 3 rings (SSSR count). The molecule has 2 amide bonds. The number of hydrogen-bond donors (Lipinski definition) is 0. The lowest BCUT2D eigenvalue weighted by Crippen LogP contribution is -2.39. The average Bonchev–Trinajstić information content (AvgIpc) is 2.65. The molecule has 1 fully saturated rings. The average molecular weight is 356 g/mol. The van der Waals surface area contributed by atoms with E-state index in [9.17, 15) is 9.59 Å². The number of thioether (sulfide) groups is 1. The van der Waals surface area contributed by atoms with Crippen LogP contribution in [0.3, 0.4) is 0 Å². The number of fused-ring (bicyclic) bond motifs is 1. The van der Waals surface area contributed by atoms with Crippen molar-refractivity contribution in [3.63, 3.8) is 0 Å². The normalized spacial score (nSPS) is 19.6. The van der Waals surface area contributed by atoms with Gasteiger partial charge in [0.1, 0.15) is 0 Å². The standard InChI is InChI=1S/C20H24N2O2S/c1-3-13-22-16-11-7-8-12-17(16)25-18(20(22)24)14-19(23)21(2)15-9-5-4-6-10-15/h3,7-8,11-12,14-15H,1,4-6,9-10,13H2,2H3/b18-14+. The van der Waals surface area contributed by atoms with Crippen LogP contribution in [-0.2, 0) is 9.59 Å². The van der Waals surface area contributed by atoms with Crippen molar-refractivity contribution in [2.24, 2.45) is 0 Å². The number of benzene rings is 1. The monoisotopic (exact) mass is 356 g/mol. The van der Waals surface area contributed by atoms with Gasteiger partial charge in [0.2, 0.25) is 5.91 Å². The van der Waals surface area contributed by atoms with Crippen molar-refractivity contribution in [1.29, 1.82) is 0 Å². The van der Waals surface area contributed by atoms with Gasteiger partial charge in [0.15, 0.2) is 0 Å². The second-order valence-electron chi connectivity index (χ2n) is 6.52. The molecule has 1 saturated carbocycles. The third kappa shape index (κ3) is 3.82. The summed E-state index contributed by atoms with van der Waals surface area (Å²) < 4.78 is 0. The highest BCUT2D eigenvalue weighted by Gasteiger charge is 2.30. The molecular formula is C20H24N2O2S. The summed E-state index contributed by atoms with van der Waals surface area (Å²) in [5.41, 5.74) is 0.877. The molecule has 2 aliphatic rings. The molecule has 0 saturated heterocycles. The largest absolute Gasteiger partial charge is 0.339 e. The van der Waals surface area contributed by atoms with Gasteiger partial charge in [0, 0.05) is 30.6 Å². The lowest BCUT2D eigenvalue weighted by molar-refractivity contribution is -0.127. The van der Waals surface area contributed by atoms with Crippen LogP contribution in [0.15, 0.2) is 52.8 Å². The highest BCUT2D eigenvalue weighted by atomic mass is 32.2. The second-order valence-corrected chi connectivity index (χ2v) is 7.61. The lowest BCUT2D eigenvalue weighted by Gasteiger charge is -2.32. The van der Waals surface area contributed by atoms with E-state index in [0.717, 1.165) is 23.4 Å². The van der Waals surface area contributed by atoms with E-state index in [1.807, 2.05) is 31.3 Å². The molecule has 0 N–H and O–H groups in total. The Balaban J connectivity index is 1.83. The fourth-order valence-corrected chi connectivity index (χ4v) is 4.46. The van der Waals surface area contributed by atoms with Crippen molar-refractivity contribution in [2.75, 3.05) is 18.5 Å². The van der Waals surface area contributed by atoms with E-state index in [1.54, 1.807) is 15.9 Å². The minimum Gasteiger partial charge on any atom is -0.339 e. The zero-order valence-corrected chi connectivity index (χ0v) is 15.4. The quantitative estimate of drug-likeness (QED) is 0.605. The van der Waals surface area contributed by atoms with Crippen molar-refractivity contribution < 1.29 is 9.59 Å². The number of nitrogens with zero attached hydrogens (tertiary/aromatic N) is 2. The number of carbonyl (C=O) groups excluding carboxylic acids is 2. The van der Waals surface area contributed by atoms with Crippen molar-refractivity contribution in [3.05, 3.63) is 47.9 Å². The summed E-state index contributed by atoms with van der Waals surface area (Å²) in [5, 5.41) is 0. The molecule has 5 heteroatoms. The van der Waals surface area contributed by atoms with E-state index in [2.05, 4.69) is 6.58 Å². The second kappa shape index (κ2) is 7.91. The number of anilines is 1. The molecule has 1 aromatic carbocycles.